The Kier molecular flexibility index (Phi) is 7.10. The summed E-state index contributed by atoms with van der Waals surface area (Å²) < 4.78 is 57.9. The maximum atomic E-state index is 13.4. The van der Waals surface area contributed by atoms with Gasteiger partial charge in [-0.15, -0.1) is 4.83 Å². The smallest absolute Gasteiger partial charge is 0.267 e. The van der Waals surface area contributed by atoms with Crippen LogP contribution in [0.2, 0.25) is 0 Å². The standard InChI is InChI=1S/C28H40N2O8S/c1-26(2,3)18-10-12-19(13-11-18)39(32,33)30-29-24(31)22-20-21(36-27(35-20)14-6-4-7-15-27)23-25(34-22)38-28(37-23)16-8-5-9-17-28/h10-13,20-23,25,30H,4-9,14-17H2,1-3H3,(H,29,31). The second kappa shape index (κ2) is 10.0. The highest BCUT2D eigenvalue weighted by Gasteiger charge is 2.65. The Bertz CT molecular complexity index is 1170. The van der Waals surface area contributed by atoms with Crippen molar-refractivity contribution in [3.63, 3.8) is 0 Å². The van der Waals surface area contributed by atoms with Crippen molar-refractivity contribution >= 4 is 15.9 Å². The summed E-state index contributed by atoms with van der Waals surface area (Å²) in [4.78, 5) is 15.7. The molecule has 0 aromatic heterocycles. The average Bonchev–Trinajstić information content (AvgIpc) is 3.45. The van der Waals surface area contributed by atoms with E-state index >= 15 is 0 Å². The molecule has 3 heterocycles. The van der Waals surface area contributed by atoms with Crippen LogP contribution < -0.4 is 10.3 Å². The highest BCUT2D eigenvalue weighted by Crippen LogP contribution is 2.50. The summed E-state index contributed by atoms with van der Waals surface area (Å²) in [6, 6.07) is 6.61. The van der Waals surface area contributed by atoms with Gasteiger partial charge in [0.1, 0.15) is 18.3 Å². The van der Waals surface area contributed by atoms with E-state index < -0.39 is 58.2 Å². The first-order valence-corrected chi connectivity index (χ1v) is 15.8. The molecular weight excluding hydrogens is 524 g/mol. The summed E-state index contributed by atoms with van der Waals surface area (Å²) in [5, 5.41) is 0. The van der Waals surface area contributed by atoms with Crippen molar-refractivity contribution in [2.24, 2.45) is 0 Å². The number of rotatable bonds is 4. The van der Waals surface area contributed by atoms with Gasteiger partial charge in [-0.1, -0.05) is 45.7 Å². The van der Waals surface area contributed by atoms with Gasteiger partial charge in [0, 0.05) is 25.7 Å². The third-order valence-corrected chi connectivity index (χ3v) is 9.97. The SMILES string of the molecule is CC(C)(C)c1ccc(S(=O)(=O)NNC(=O)C2OC3OC4(CCCCC4)OC3C3OC4(CCCCC4)OC23)cc1. The summed E-state index contributed by atoms with van der Waals surface area (Å²) in [6.45, 7) is 6.16. The van der Waals surface area contributed by atoms with Crippen LogP contribution in [0.1, 0.15) is 90.5 Å². The van der Waals surface area contributed by atoms with Crippen molar-refractivity contribution in [3.05, 3.63) is 29.8 Å². The number of benzene rings is 1. The second-order valence-electron chi connectivity index (χ2n) is 12.6. The molecule has 10 nitrogen and oxygen atoms in total. The molecule has 2 N–H and O–H groups in total. The lowest BCUT2D eigenvalue weighted by molar-refractivity contribution is -0.247. The Balaban J connectivity index is 1.19. The van der Waals surface area contributed by atoms with Gasteiger partial charge in [0.2, 0.25) is 0 Å². The summed E-state index contributed by atoms with van der Waals surface area (Å²) in [5.41, 5.74) is 3.25. The van der Waals surface area contributed by atoms with E-state index in [4.69, 9.17) is 23.7 Å². The minimum atomic E-state index is -4.01. The molecule has 5 unspecified atom stereocenters. The zero-order valence-electron chi connectivity index (χ0n) is 22.9. The van der Waals surface area contributed by atoms with Crippen LogP contribution in [0.4, 0.5) is 0 Å². The van der Waals surface area contributed by atoms with Crippen LogP contribution in [-0.2, 0) is 43.9 Å². The first-order valence-electron chi connectivity index (χ1n) is 14.3. The monoisotopic (exact) mass is 564 g/mol. The van der Waals surface area contributed by atoms with E-state index in [-0.39, 0.29) is 10.3 Å². The molecule has 5 atom stereocenters. The van der Waals surface area contributed by atoms with E-state index in [1.807, 2.05) is 0 Å². The van der Waals surface area contributed by atoms with Crippen LogP contribution in [-0.4, -0.2) is 56.6 Å². The average molecular weight is 565 g/mol. The van der Waals surface area contributed by atoms with Gasteiger partial charge in [-0.05, 0) is 48.8 Å². The van der Waals surface area contributed by atoms with Crippen LogP contribution in [0.5, 0.6) is 0 Å². The second-order valence-corrected chi connectivity index (χ2v) is 14.3. The molecule has 2 spiro atoms. The molecule has 11 heteroatoms. The predicted octanol–water partition coefficient (Wildman–Crippen LogP) is 3.54. The predicted molar refractivity (Wildman–Crippen MR) is 140 cm³/mol. The Labute approximate surface area is 230 Å². The Morgan fingerprint density at radius 2 is 1.33 bits per heavy atom. The zero-order valence-corrected chi connectivity index (χ0v) is 23.8. The molecule has 0 radical (unpaired) electrons. The zero-order chi connectivity index (χ0) is 27.5. The minimum absolute atomic E-state index is 0.0478. The molecule has 3 saturated heterocycles. The maximum Gasteiger partial charge on any atom is 0.267 e. The number of hydrogen-bond donors (Lipinski definition) is 2. The van der Waals surface area contributed by atoms with E-state index in [0.29, 0.717) is 0 Å². The van der Waals surface area contributed by atoms with Crippen molar-refractivity contribution in [1.82, 2.24) is 10.3 Å². The van der Waals surface area contributed by atoms with Crippen LogP contribution >= 0.6 is 0 Å². The van der Waals surface area contributed by atoms with Gasteiger partial charge in [0.05, 0.1) is 4.90 Å². The van der Waals surface area contributed by atoms with Crippen molar-refractivity contribution in [2.75, 3.05) is 0 Å². The molecule has 1 aromatic rings. The lowest BCUT2D eigenvalue weighted by atomic mass is 9.87. The Hall–Kier alpha value is -1.60. The van der Waals surface area contributed by atoms with Crippen LogP contribution in [0.25, 0.3) is 0 Å². The molecule has 5 fully saturated rings. The number of hydrazine groups is 1. The quantitative estimate of drug-likeness (QED) is 0.533. The van der Waals surface area contributed by atoms with Gasteiger partial charge < -0.3 is 23.7 Å². The molecule has 0 bridgehead atoms. The number of carbonyl (C=O) groups is 1. The van der Waals surface area contributed by atoms with Crippen LogP contribution in [0.15, 0.2) is 29.2 Å². The molecule has 6 rings (SSSR count). The summed E-state index contributed by atoms with van der Waals surface area (Å²) in [6.07, 6.45) is 5.41. The number of fused-ring (bicyclic) bond motifs is 3. The van der Waals surface area contributed by atoms with Crippen LogP contribution in [0.3, 0.4) is 0 Å². The molecule has 2 aliphatic carbocycles. The molecule has 216 valence electrons. The molecule has 3 aliphatic heterocycles. The van der Waals surface area contributed by atoms with Crippen LogP contribution in [0, 0.1) is 0 Å². The molecular formula is C28H40N2O8S. The molecule has 1 aromatic carbocycles. The van der Waals surface area contributed by atoms with Gasteiger partial charge in [-0.3, -0.25) is 10.2 Å². The van der Waals surface area contributed by atoms with Crippen molar-refractivity contribution < 1.29 is 36.9 Å². The number of ether oxygens (including phenoxy) is 5. The number of nitrogens with one attached hydrogen (secondary N) is 2. The Morgan fingerprint density at radius 3 is 1.92 bits per heavy atom. The normalized spacial score (nSPS) is 33.6. The fourth-order valence-electron chi connectivity index (χ4n) is 6.55. The van der Waals surface area contributed by atoms with Gasteiger partial charge in [-0.25, -0.2) is 8.42 Å². The van der Waals surface area contributed by atoms with Gasteiger partial charge in [0.25, 0.3) is 15.9 Å². The highest BCUT2D eigenvalue weighted by molar-refractivity contribution is 7.89. The van der Waals surface area contributed by atoms with E-state index in [1.54, 1.807) is 12.1 Å². The molecule has 5 aliphatic rings. The number of hydrogen-bond acceptors (Lipinski definition) is 8. The lowest BCUT2D eigenvalue weighted by Crippen LogP contribution is -2.61. The van der Waals surface area contributed by atoms with E-state index in [1.165, 1.54) is 12.1 Å². The largest absolute Gasteiger partial charge is 0.341 e. The van der Waals surface area contributed by atoms with Gasteiger partial charge in [-0.2, -0.15) is 0 Å². The highest BCUT2D eigenvalue weighted by atomic mass is 32.2. The molecule has 39 heavy (non-hydrogen) atoms. The molecule has 1 amide bonds. The third kappa shape index (κ3) is 5.27. The maximum absolute atomic E-state index is 13.4. The fraction of sp³-hybridized carbons (Fsp3) is 0.750. The fourth-order valence-corrected chi connectivity index (χ4v) is 7.40. The van der Waals surface area contributed by atoms with Crippen molar-refractivity contribution in [3.8, 4) is 0 Å². The van der Waals surface area contributed by atoms with Gasteiger partial charge >= 0.3 is 0 Å². The number of amides is 1. The minimum Gasteiger partial charge on any atom is -0.341 e. The molecule has 2 saturated carbocycles. The first-order chi connectivity index (χ1) is 18.5. The van der Waals surface area contributed by atoms with E-state index in [0.717, 1.165) is 69.8 Å². The van der Waals surface area contributed by atoms with E-state index in [9.17, 15) is 13.2 Å². The lowest BCUT2D eigenvalue weighted by Gasteiger charge is -2.36. The summed E-state index contributed by atoms with van der Waals surface area (Å²) in [7, 11) is -4.01. The summed E-state index contributed by atoms with van der Waals surface area (Å²) in [5.74, 6) is -2.19. The van der Waals surface area contributed by atoms with Crippen molar-refractivity contribution in [2.45, 2.75) is 138 Å². The van der Waals surface area contributed by atoms with Crippen molar-refractivity contribution in [1.29, 1.82) is 0 Å². The summed E-state index contributed by atoms with van der Waals surface area (Å²) >= 11 is 0. The topological polar surface area (TPSA) is 121 Å². The first kappa shape index (κ1) is 27.6. The Morgan fingerprint density at radius 1 is 0.795 bits per heavy atom. The van der Waals surface area contributed by atoms with E-state index in [2.05, 4.69) is 31.0 Å². The number of carbonyl (C=O) groups excluding carboxylic acids is 1. The number of sulfonamides is 1. The third-order valence-electron chi connectivity index (χ3n) is 8.71. The van der Waals surface area contributed by atoms with Gasteiger partial charge in [0.15, 0.2) is 24.0 Å².